The van der Waals surface area contributed by atoms with Gasteiger partial charge in [0.1, 0.15) is 0 Å². The molecule has 0 spiro atoms. The Labute approximate surface area is 94.8 Å². The number of benzene rings is 2. The minimum absolute atomic E-state index is 0.222. The average molecular weight is 214 g/mol. The summed E-state index contributed by atoms with van der Waals surface area (Å²) in [6.45, 7) is 1.88. The van der Waals surface area contributed by atoms with Crippen LogP contribution in [-0.4, -0.2) is 12.6 Å². The van der Waals surface area contributed by atoms with Crippen LogP contribution in [-0.2, 0) is 16.0 Å². The van der Waals surface area contributed by atoms with Crippen LogP contribution in [0.5, 0.6) is 0 Å². The molecule has 2 rings (SSSR count). The van der Waals surface area contributed by atoms with Crippen molar-refractivity contribution in [1.29, 1.82) is 0 Å². The molecule has 0 aliphatic carbocycles. The van der Waals surface area contributed by atoms with E-state index < -0.39 is 0 Å². The maximum absolute atomic E-state index is 10.7. The van der Waals surface area contributed by atoms with Crippen LogP contribution in [0.15, 0.2) is 42.5 Å². The lowest BCUT2D eigenvalue weighted by Gasteiger charge is -2.06. The van der Waals surface area contributed by atoms with Gasteiger partial charge in [-0.15, -0.1) is 0 Å². The number of fused-ring (bicyclic) bond motifs is 1. The topological polar surface area (TPSA) is 26.3 Å². The first kappa shape index (κ1) is 10.7. The molecule has 2 aromatic carbocycles. The van der Waals surface area contributed by atoms with Crippen LogP contribution in [0.2, 0.25) is 0 Å². The van der Waals surface area contributed by atoms with E-state index in [2.05, 4.69) is 24.3 Å². The van der Waals surface area contributed by atoms with Crippen molar-refractivity contribution in [3.63, 3.8) is 0 Å². The Balaban J connectivity index is 2.20. The second-order valence-corrected chi connectivity index (χ2v) is 3.73. The minimum atomic E-state index is -0.222. The van der Waals surface area contributed by atoms with Gasteiger partial charge in [-0.25, -0.2) is 0 Å². The molecule has 0 radical (unpaired) electrons. The fraction of sp³-hybridized carbons (Fsp3) is 0.214. The summed E-state index contributed by atoms with van der Waals surface area (Å²) in [6, 6.07) is 14.4. The smallest absolute Gasteiger partial charge is 0.302 e. The Hall–Kier alpha value is -1.83. The SMILES string of the molecule is CC(=O)OCCc1cccc2ccccc12. The van der Waals surface area contributed by atoms with Crippen LogP contribution >= 0.6 is 0 Å². The maximum atomic E-state index is 10.7. The Morgan fingerprint density at radius 3 is 2.69 bits per heavy atom. The number of rotatable bonds is 3. The van der Waals surface area contributed by atoms with Gasteiger partial charge >= 0.3 is 5.97 Å². The van der Waals surface area contributed by atoms with E-state index in [-0.39, 0.29) is 5.97 Å². The minimum Gasteiger partial charge on any atom is -0.466 e. The highest BCUT2D eigenvalue weighted by atomic mass is 16.5. The molecule has 0 N–H and O–H groups in total. The largest absolute Gasteiger partial charge is 0.466 e. The van der Waals surface area contributed by atoms with Gasteiger partial charge in [-0.2, -0.15) is 0 Å². The van der Waals surface area contributed by atoms with Gasteiger partial charge in [-0.05, 0) is 16.3 Å². The molecule has 16 heavy (non-hydrogen) atoms. The second kappa shape index (κ2) is 4.79. The normalized spacial score (nSPS) is 10.3. The van der Waals surface area contributed by atoms with E-state index in [4.69, 9.17) is 4.74 Å². The van der Waals surface area contributed by atoms with Gasteiger partial charge in [0.2, 0.25) is 0 Å². The second-order valence-electron chi connectivity index (χ2n) is 3.73. The average Bonchev–Trinajstić information content (AvgIpc) is 2.29. The molecule has 0 amide bonds. The van der Waals surface area contributed by atoms with Gasteiger partial charge in [0, 0.05) is 13.3 Å². The van der Waals surface area contributed by atoms with Crippen LogP contribution in [0.25, 0.3) is 10.8 Å². The standard InChI is InChI=1S/C14H14O2/c1-11(15)16-10-9-13-7-4-6-12-5-2-3-8-14(12)13/h2-8H,9-10H2,1H3. The van der Waals surface area contributed by atoms with Crippen molar-refractivity contribution < 1.29 is 9.53 Å². The van der Waals surface area contributed by atoms with E-state index in [0.29, 0.717) is 6.61 Å². The molecule has 0 atom stereocenters. The molecular formula is C14H14O2. The maximum Gasteiger partial charge on any atom is 0.302 e. The number of ether oxygens (including phenoxy) is 1. The number of esters is 1. The van der Waals surface area contributed by atoms with Crippen molar-refractivity contribution in [1.82, 2.24) is 0 Å². The summed E-state index contributed by atoms with van der Waals surface area (Å²) in [7, 11) is 0. The van der Waals surface area contributed by atoms with Gasteiger partial charge in [0.25, 0.3) is 0 Å². The third-order valence-corrected chi connectivity index (χ3v) is 2.56. The van der Waals surface area contributed by atoms with E-state index in [9.17, 15) is 4.79 Å². The lowest BCUT2D eigenvalue weighted by molar-refractivity contribution is -0.140. The molecule has 0 aliphatic rings. The van der Waals surface area contributed by atoms with Crippen LogP contribution in [0, 0.1) is 0 Å². The first-order valence-electron chi connectivity index (χ1n) is 5.37. The van der Waals surface area contributed by atoms with Gasteiger partial charge < -0.3 is 4.74 Å². The first-order chi connectivity index (χ1) is 7.77. The molecule has 0 unspecified atom stereocenters. The van der Waals surface area contributed by atoms with Gasteiger partial charge in [-0.3, -0.25) is 4.79 Å². The summed E-state index contributed by atoms with van der Waals surface area (Å²) in [5.74, 6) is -0.222. The monoisotopic (exact) mass is 214 g/mol. The predicted octanol–water partition coefficient (Wildman–Crippen LogP) is 2.95. The zero-order valence-electron chi connectivity index (χ0n) is 9.27. The van der Waals surface area contributed by atoms with Gasteiger partial charge in [0.15, 0.2) is 0 Å². The highest BCUT2D eigenvalue weighted by molar-refractivity contribution is 5.85. The quantitative estimate of drug-likeness (QED) is 0.734. The van der Waals surface area contributed by atoms with Gasteiger partial charge in [-0.1, -0.05) is 42.5 Å². The molecule has 0 fully saturated rings. The summed E-state index contributed by atoms with van der Waals surface area (Å²) in [4.78, 5) is 10.7. The summed E-state index contributed by atoms with van der Waals surface area (Å²) in [5, 5.41) is 2.46. The fourth-order valence-electron chi connectivity index (χ4n) is 1.82. The first-order valence-corrected chi connectivity index (χ1v) is 5.37. The van der Waals surface area contributed by atoms with Crippen LogP contribution in [0.1, 0.15) is 12.5 Å². The zero-order valence-corrected chi connectivity index (χ0v) is 9.27. The molecular weight excluding hydrogens is 200 g/mol. The Morgan fingerprint density at radius 2 is 1.88 bits per heavy atom. The summed E-state index contributed by atoms with van der Waals surface area (Å²) in [5.41, 5.74) is 1.22. The van der Waals surface area contributed by atoms with E-state index in [1.54, 1.807) is 0 Å². The predicted molar refractivity (Wildman–Crippen MR) is 64.3 cm³/mol. The molecule has 2 heteroatoms. The molecule has 0 heterocycles. The van der Waals surface area contributed by atoms with E-state index >= 15 is 0 Å². The van der Waals surface area contributed by atoms with Crippen molar-refractivity contribution in [3.8, 4) is 0 Å². The number of carbonyl (C=O) groups excluding carboxylic acids is 1. The molecule has 0 saturated carbocycles. The van der Waals surface area contributed by atoms with Crippen LogP contribution in [0.3, 0.4) is 0 Å². The number of hydrogen-bond acceptors (Lipinski definition) is 2. The van der Waals surface area contributed by atoms with E-state index in [0.717, 1.165) is 6.42 Å². The zero-order chi connectivity index (χ0) is 11.4. The Bertz CT molecular complexity index is 498. The number of hydrogen-bond donors (Lipinski definition) is 0. The van der Waals surface area contributed by atoms with Crippen molar-refractivity contribution in [2.75, 3.05) is 6.61 Å². The molecule has 2 aromatic rings. The van der Waals surface area contributed by atoms with Gasteiger partial charge in [0.05, 0.1) is 6.61 Å². The highest BCUT2D eigenvalue weighted by Crippen LogP contribution is 2.18. The molecule has 0 bridgehead atoms. The Morgan fingerprint density at radius 1 is 1.12 bits per heavy atom. The fourth-order valence-corrected chi connectivity index (χ4v) is 1.82. The van der Waals surface area contributed by atoms with E-state index in [1.807, 2.05) is 18.2 Å². The van der Waals surface area contributed by atoms with E-state index in [1.165, 1.54) is 23.3 Å². The number of carbonyl (C=O) groups is 1. The molecule has 0 aromatic heterocycles. The summed E-state index contributed by atoms with van der Waals surface area (Å²) >= 11 is 0. The lowest BCUT2D eigenvalue weighted by atomic mass is 10.0. The highest BCUT2D eigenvalue weighted by Gasteiger charge is 2.00. The Kier molecular flexibility index (Phi) is 3.20. The van der Waals surface area contributed by atoms with Crippen molar-refractivity contribution in [2.24, 2.45) is 0 Å². The summed E-state index contributed by atoms with van der Waals surface area (Å²) < 4.78 is 4.96. The molecule has 82 valence electrons. The third kappa shape index (κ3) is 2.40. The third-order valence-electron chi connectivity index (χ3n) is 2.56. The van der Waals surface area contributed by atoms with Crippen molar-refractivity contribution >= 4 is 16.7 Å². The van der Waals surface area contributed by atoms with Crippen molar-refractivity contribution in [3.05, 3.63) is 48.0 Å². The molecule has 0 aliphatic heterocycles. The van der Waals surface area contributed by atoms with Crippen molar-refractivity contribution in [2.45, 2.75) is 13.3 Å². The van der Waals surface area contributed by atoms with Crippen LogP contribution in [0.4, 0.5) is 0 Å². The lowest BCUT2D eigenvalue weighted by Crippen LogP contribution is -2.03. The van der Waals surface area contributed by atoms with Crippen LogP contribution < -0.4 is 0 Å². The molecule has 2 nitrogen and oxygen atoms in total. The molecule has 0 saturated heterocycles. The summed E-state index contributed by atoms with van der Waals surface area (Å²) in [6.07, 6.45) is 0.765.